The fourth-order valence-corrected chi connectivity index (χ4v) is 3.87. The second kappa shape index (κ2) is 11.0. The molecule has 7 heteroatoms. The van der Waals surface area contributed by atoms with Gasteiger partial charge in [0.15, 0.2) is 11.7 Å². The Balaban J connectivity index is 1.53. The van der Waals surface area contributed by atoms with Gasteiger partial charge in [-0.3, -0.25) is 0 Å². The van der Waals surface area contributed by atoms with E-state index < -0.39 is 0 Å². The lowest BCUT2D eigenvalue weighted by atomic mass is 9.99. The SMILES string of the molecule is CCNC(=NCc1cc(C(CC)CC)no1)NC1CCN(c2ccc(C)cn2)CC1. The summed E-state index contributed by atoms with van der Waals surface area (Å²) in [6.07, 6.45) is 6.20. The Kier molecular flexibility index (Phi) is 8.11. The summed E-state index contributed by atoms with van der Waals surface area (Å²) in [5.41, 5.74) is 2.24. The first-order valence-corrected chi connectivity index (χ1v) is 11.3. The summed E-state index contributed by atoms with van der Waals surface area (Å²) in [7, 11) is 0. The first-order valence-electron chi connectivity index (χ1n) is 11.3. The molecule has 0 aliphatic carbocycles. The van der Waals surface area contributed by atoms with Crippen molar-refractivity contribution in [1.82, 2.24) is 20.8 Å². The monoisotopic (exact) mass is 412 g/mol. The highest BCUT2D eigenvalue weighted by Crippen LogP contribution is 2.22. The summed E-state index contributed by atoms with van der Waals surface area (Å²) >= 11 is 0. The average molecular weight is 413 g/mol. The molecule has 3 heterocycles. The van der Waals surface area contributed by atoms with Crippen LogP contribution in [-0.2, 0) is 6.54 Å². The second-order valence-electron chi connectivity index (χ2n) is 8.03. The summed E-state index contributed by atoms with van der Waals surface area (Å²) < 4.78 is 5.51. The number of anilines is 1. The normalized spacial score (nSPS) is 15.6. The smallest absolute Gasteiger partial charge is 0.191 e. The molecule has 0 spiro atoms. The maximum Gasteiger partial charge on any atom is 0.191 e. The standard InChI is InChI=1S/C23H36N6O/c1-5-18(6-2)21-14-20(30-28-21)16-26-23(24-7-3)27-19-10-12-29(13-11-19)22-9-8-17(4)15-25-22/h8-9,14-15,18-19H,5-7,10-13,16H2,1-4H3,(H2,24,26,27). The van der Waals surface area contributed by atoms with Gasteiger partial charge in [-0.1, -0.05) is 25.1 Å². The summed E-state index contributed by atoms with van der Waals surface area (Å²) in [6, 6.07) is 6.69. The number of guanidine groups is 1. The third kappa shape index (κ3) is 5.97. The molecule has 30 heavy (non-hydrogen) atoms. The van der Waals surface area contributed by atoms with Crippen molar-refractivity contribution in [3.8, 4) is 0 Å². The van der Waals surface area contributed by atoms with E-state index in [0.717, 1.165) is 68.5 Å². The number of pyridine rings is 1. The lowest BCUT2D eigenvalue weighted by molar-refractivity contribution is 0.372. The number of rotatable bonds is 8. The molecule has 1 aliphatic rings. The van der Waals surface area contributed by atoms with Gasteiger partial charge in [-0.25, -0.2) is 9.98 Å². The highest BCUT2D eigenvalue weighted by atomic mass is 16.5. The van der Waals surface area contributed by atoms with E-state index in [9.17, 15) is 0 Å². The Hall–Kier alpha value is -2.57. The van der Waals surface area contributed by atoms with Gasteiger partial charge in [-0.2, -0.15) is 0 Å². The van der Waals surface area contributed by atoms with Crippen molar-refractivity contribution < 1.29 is 4.52 Å². The maximum atomic E-state index is 5.51. The highest BCUT2D eigenvalue weighted by Gasteiger charge is 2.21. The molecule has 2 aromatic heterocycles. The minimum absolute atomic E-state index is 0.402. The van der Waals surface area contributed by atoms with Gasteiger partial charge in [0.2, 0.25) is 0 Å². The van der Waals surface area contributed by atoms with Crippen LogP contribution < -0.4 is 15.5 Å². The van der Waals surface area contributed by atoms with Gasteiger partial charge in [0, 0.05) is 43.9 Å². The van der Waals surface area contributed by atoms with Crippen molar-refractivity contribution in [2.45, 2.75) is 71.9 Å². The lowest BCUT2D eigenvalue weighted by Crippen LogP contribution is -2.48. The molecule has 3 rings (SSSR count). The van der Waals surface area contributed by atoms with Crippen LogP contribution in [0.4, 0.5) is 5.82 Å². The topological polar surface area (TPSA) is 78.6 Å². The van der Waals surface area contributed by atoms with Gasteiger partial charge >= 0.3 is 0 Å². The Bertz CT molecular complexity index is 788. The van der Waals surface area contributed by atoms with E-state index in [1.165, 1.54) is 5.56 Å². The number of aliphatic imine (C=N–C) groups is 1. The van der Waals surface area contributed by atoms with Gasteiger partial charge in [0.05, 0.1) is 5.69 Å². The highest BCUT2D eigenvalue weighted by molar-refractivity contribution is 5.80. The molecule has 0 atom stereocenters. The zero-order valence-corrected chi connectivity index (χ0v) is 18.8. The van der Waals surface area contributed by atoms with Gasteiger partial charge in [0.25, 0.3) is 0 Å². The third-order valence-corrected chi connectivity index (χ3v) is 5.77. The Labute approximate surface area is 180 Å². The van der Waals surface area contributed by atoms with Crippen LogP contribution in [0.2, 0.25) is 0 Å². The number of nitrogens with zero attached hydrogens (tertiary/aromatic N) is 4. The zero-order chi connectivity index (χ0) is 21.3. The van der Waals surface area contributed by atoms with Crippen molar-refractivity contribution in [3.63, 3.8) is 0 Å². The lowest BCUT2D eigenvalue weighted by Gasteiger charge is -2.33. The molecule has 1 saturated heterocycles. The van der Waals surface area contributed by atoms with Crippen molar-refractivity contribution in [3.05, 3.63) is 41.4 Å². The number of aromatic nitrogens is 2. The summed E-state index contributed by atoms with van der Waals surface area (Å²) in [5, 5.41) is 11.2. The number of hydrogen-bond acceptors (Lipinski definition) is 5. The Morgan fingerprint density at radius 2 is 2.00 bits per heavy atom. The molecule has 0 aromatic carbocycles. The predicted octanol–water partition coefficient (Wildman–Crippen LogP) is 4.01. The van der Waals surface area contributed by atoms with Crippen molar-refractivity contribution in [2.24, 2.45) is 4.99 Å². The largest absolute Gasteiger partial charge is 0.359 e. The van der Waals surface area contributed by atoms with E-state index >= 15 is 0 Å². The third-order valence-electron chi connectivity index (χ3n) is 5.77. The molecule has 1 aliphatic heterocycles. The summed E-state index contributed by atoms with van der Waals surface area (Å²) in [5.74, 6) is 3.18. The van der Waals surface area contributed by atoms with Crippen LogP contribution in [-0.4, -0.2) is 41.8 Å². The molecule has 2 N–H and O–H groups in total. The second-order valence-corrected chi connectivity index (χ2v) is 8.03. The quantitative estimate of drug-likeness (QED) is 0.504. The van der Waals surface area contributed by atoms with E-state index in [1.54, 1.807) is 0 Å². The molecular weight excluding hydrogens is 376 g/mol. The van der Waals surface area contributed by atoms with Crippen molar-refractivity contribution in [2.75, 3.05) is 24.5 Å². The van der Waals surface area contributed by atoms with Gasteiger partial charge < -0.3 is 20.1 Å². The molecule has 0 radical (unpaired) electrons. The first-order chi connectivity index (χ1) is 14.6. The average Bonchev–Trinajstić information content (AvgIpc) is 3.23. The molecule has 1 fully saturated rings. The van der Waals surface area contributed by atoms with Crippen LogP contribution in [0.5, 0.6) is 0 Å². The molecule has 0 bridgehead atoms. The fraction of sp³-hybridized carbons (Fsp3) is 0.609. The van der Waals surface area contributed by atoms with Gasteiger partial charge in [0.1, 0.15) is 12.4 Å². The van der Waals surface area contributed by atoms with Gasteiger partial charge in [-0.05, 0) is 51.2 Å². The molecule has 7 nitrogen and oxygen atoms in total. The van der Waals surface area contributed by atoms with Crippen molar-refractivity contribution >= 4 is 11.8 Å². The van der Waals surface area contributed by atoms with Crippen LogP contribution in [0.3, 0.4) is 0 Å². The predicted molar refractivity (Wildman–Crippen MR) is 122 cm³/mol. The molecule has 0 saturated carbocycles. The summed E-state index contributed by atoms with van der Waals surface area (Å²) in [4.78, 5) is 11.6. The van der Waals surface area contributed by atoms with Gasteiger partial charge in [-0.15, -0.1) is 0 Å². The minimum atomic E-state index is 0.402. The number of nitrogens with one attached hydrogen (secondary N) is 2. The minimum Gasteiger partial charge on any atom is -0.359 e. The fourth-order valence-electron chi connectivity index (χ4n) is 3.87. The van der Waals surface area contributed by atoms with Crippen molar-refractivity contribution in [1.29, 1.82) is 0 Å². The van der Waals surface area contributed by atoms with E-state index in [4.69, 9.17) is 9.52 Å². The molecular formula is C23H36N6O. The van der Waals surface area contributed by atoms with Crippen LogP contribution in [0.1, 0.15) is 69.4 Å². The van der Waals surface area contributed by atoms with E-state index in [2.05, 4.69) is 71.6 Å². The van der Waals surface area contributed by atoms with Crippen LogP contribution >= 0.6 is 0 Å². The van der Waals surface area contributed by atoms with E-state index in [-0.39, 0.29) is 0 Å². The van der Waals surface area contributed by atoms with Crippen LogP contribution in [0.15, 0.2) is 33.9 Å². The van der Waals surface area contributed by atoms with E-state index in [1.807, 2.05) is 6.20 Å². The number of aryl methyl sites for hydroxylation is 1. The molecule has 2 aromatic rings. The van der Waals surface area contributed by atoms with Crippen LogP contribution in [0, 0.1) is 6.92 Å². The van der Waals surface area contributed by atoms with E-state index in [0.29, 0.717) is 18.5 Å². The first kappa shape index (κ1) is 22.1. The number of hydrogen-bond donors (Lipinski definition) is 2. The maximum absolute atomic E-state index is 5.51. The molecule has 164 valence electrons. The number of piperidine rings is 1. The van der Waals surface area contributed by atoms with Crippen LogP contribution in [0.25, 0.3) is 0 Å². The Morgan fingerprint density at radius 1 is 1.23 bits per heavy atom. The molecule has 0 amide bonds. The molecule has 0 unspecified atom stereocenters. The summed E-state index contributed by atoms with van der Waals surface area (Å²) in [6.45, 7) is 11.8. The zero-order valence-electron chi connectivity index (χ0n) is 18.8. The Morgan fingerprint density at radius 3 is 2.63 bits per heavy atom.